The third-order valence-electron chi connectivity index (χ3n) is 1.94. The number of benzene rings is 1. The van der Waals surface area contributed by atoms with Crippen LogP contribution in [0.3, 0.4) is 0 Å². The van der Waals surface area contributed by atoms with Gasteiger partial charge in [0.25, 0.3) is 7.48 Å². The zero-order valence-electron chi connectivity index (χ0n) is 6.66. The molecule has 1 aromatic heterocycles. The number of hydrogen-bond donors (Lipinski definition) is 1. The first-order chi connectivity index (χ1) is 5.92. The van der Waals surface area contributed by atoms with Gasteiger partial charge in [-0.25, -0.2) is 0 Å². The average Bonchev–Trinajstić information content (AvgIpc) is 2.50. The summed E-state index contributed by atoms with van der Waals surface area (Å²) in [7, 11) is 0.170. The second-order valence-electron chi connectivity index (χ2n) is 2.73. The Balaban J connectivity index is 2.55. The minimum Gasteiger partial charge on any atom is -0.464 e. The van der Waals surface area contributed by atoms with Crippen molar-refractivity contribution in [3.63, 3.8) is 0 Å². The summed E-state index contributed by atoms with van der Waals surface area (Å²) in [6.45, 7) is 0. The highest BCUT2D eigenvalue weighted by molar-refractivity contribution is 6.25. The van der Waals surface area contributed by atoms with Crippen molar-refractivity contribution in [1.82, 2.24) is 0 Å². The highest BCUT2D eigenvalue weighted by atomic mass is 16.3. The van der Waals surface area contributed by atoms with E-state index in [4.69, 9.17) is 9.44 Å². The lowest BCUT2D eigenvalue weighted by Crippen LogP contribution is -1.92. The van der Waals surface area contributed by atoms with Crippen LogP contribution in [0, 0.1) is 0 Å². The summed E-state index contributed by atoms with van der Waals surface area (Å²) in [4.78, 5) is 0. The van der Waals surface area contributed by atoms with Crippen LogP contribution >= 0.6 is 0 Å². The van der Waals surface area contributed by atoms with Crippen molar-refractivity contribution in [3.8, 4) is 0 Å². The molecule has 12 heavy (non-hydrogen) atoms. The van der Waals surface area contributed by atoms with Gasteiger partial charge in [-0.05, 0) is 17.9 Å². The predicted octanol–water partition coefficient (Wildman–Crippen LogP) is 1.28. The molecule has 60 valence electrons. The van der Waals surface area contributed by atoms with Gasteiger partial charge < -0.3 is 9.44 Å². The summed E-state index contributed by atoms with van der Waals surface area (Å²) in [5.74, 6) is 0. The van der Waals surface area contributed by atoms with E-state index >= 15 is 0 Å². The lowest BCUT2D eigenvalue weighted by molar-refractivity contribution is 0.594. The van der Waals surface area contributed by atoms with E-state index in [1.165, 1.54) is 0 Å². The molecule has 3 heteroatoms. The predicted molar refractivity (Wildman–Crippen MR) is 49.3 cm³/mol. The van der Waals surface area contributed by atoms with Gasteiger partial charge in [-0.15, -0.1) is 0 Å². The monoisotopic (exact) mass is 160 g/mol. The van der Waals surface area contributed by atoms with Gasteiger partial charge in [0.1, 0.15) is 5.58 Å². The molecule has 0 aliphatic carbocycles. The molecule has 0 fully saturated rings. The van der Waals surface area contributed by atoms with Crippen LogP contribution in [0.15, 0.2) is 34.9 Å². The molecule has 0 saturated carbocycles. The van der Waals surface area contributed by atoms with Crippen molar-refractivity contribution < 1.29 is 9.44 Å². The Morgan fingerprint density at radius 1 is 1.33 bits per heavy atom. The van der Waals surface area contributed by atoms with Gasteiger partial charge in [-0.3, -0.25) is 0 Å². The first-order valence-electron chi connectivity index (χ1n) is 3.98. The van der Waals surface area contributed by atoms with Gasteiger partial charge >= 0.3 is 0 Å². The van der Waals surface area contributed by atoms with E-state index < -0.39 is 0 Å². The van der Waals surface area contributed by atoms with Crippen LogP contribution in [-0.4, -0.2) is 12.5 Å². The van der Waals surface area contributed by atoms with Crippen LogP contribution in [0.1, 0.15) is 5.56 Å². The second-order valence-corrected chi connectivity index (χ2v) is 2.73. The first-order valence-corrected chi connectivity index (χ1v) is 3.98. The number of hydrogen-bond acceptors (Lipinski definition) is 2. The Morgan fingerprint density at radius 2 is 2.17 bits per heavy atom. The Kier molecular flexibility index (Phi) is 1.88. The number of para-hydroxylation sites is 1. The van der Waals surface area contributed by atoms with Crippen molar-refractivity contribution >= 4 is 18.5 Å². The molecule has 2 rings (SSSR count). The summed E-state index contributed by atoms with van der Waals surface area (Å²) in [5.41, 5.74) is 1.97. The van der Waals surface area contributed by atoms with Crippen molar-refractivity contribution in [1.29, 1.82) is 0 Å². The van der Waals surface area contributed by atoms with Crippen LogP contribution in [0.4, 0.5) is 0 Å². The minimum atomic E-state index is 0.170. The minimum absolute atomic E-state index is 0.170. The highest BCUT2D eigenvalue weighted by Gasteiger charge is 2.03. The number of furan rings is 1. The Labute approximate surface area is 71.1 Å². The molecule has 0 aliphatic rings. The van der Waals surface area contributed by atoms with E-state index in [9.17, 15) is 0 Å². The molecule has 0 bridgehead atoms. The third-order valence-corrected chi connectivity index (χ3v) is 1.94. The maximum atomic E-state index is 8.76. The third kappa shape index (κ3) is 1.12. The standard InChI is InChI=1S/C9H9BO2/c11-10-5-7-6-12-9-4-2-1-3-8(7)9/h1-4,6,10-11H,5H2. The van der Waals surface area contributed by atoms with Crippen molar-refractivity contribution in [2.75, 3.05) is 0 Å². The maximum absolute atomic E-state index is 8.76. The maximum Gasteiger partial charge on any atom is 0.275 e. The summed E-state index contributed by atoms with van der Waals surface area (Å²) >= 11 is 0. The molecule has 0 aliphatic heterocycles. The quantitative estimate of drug-likeness (QED) is 0.671. The summed E-state index contributed by atoms with van der Waals surface area (Å²) in [5, 5.41) is 9.86. The van der Waals surface area contributed by atoms with Crippen molar-refractivity contribution in [2.45, 2.75) is 6.32 Å². The highest BCUT2D eigenvalue weighted by Crippen LogP contribution is 2.20. The van der Waals surface area contributed by atoms with E-state index in [2.05, 4.69) is 0 Å². The van der Waals surface area contributed by atoms with Crippen LogP contribution in [0.2, 0.25) is 0 Å². The van der Waals surface area contributed by atoms with Gasteiger partial charge in [-0.2, -0.15) is 0 Å². The molecular formula is C9H9BO2. The van der Waals surface area contributed by atoms with Crippen LogP contribution in [-0.2, 0) is 6.32 Å². The normalized spacial score (nSPS) is 10.4. The van der Waals surface area contributed by atoms with Gasteiger partial charge in [-0.1, -0.05) is 18.2 Å². The Hall–Kier alpha value is -1.22. The lowest BCUT2D eigenvalue weighted by atomic mass is 9.90. The summed E-state index contributed by atoms with van der Waals surface area (Å²) in [6, 6.07) is 7.84. The molecule has 2 aromatic rings. The molecule has 2 nitrogen and oxygen atoms in total. The van der Waals surface area contributed by atoms with Gasteiger partial charge in [0.05, 0.1) is 6.26 Å². The van der Waals surface area contributed by atoms with Gasteiger partial charge in [0.2, 0.25) is 0 Å². The molecule has 0 saturated heterocycles. The SMILES string of the molecule is OBCc1coc2ccccc12. The fourth-order valence-electron chi connectivity index (χ4n) is 1.35. The van der Waals surface area contributed by atoms with Crippen LogP contribution in [0.25, 0.3) is 11.0 Å². The molecule has 0 amide bonds. The fraction of sp³-hybridized carbons (Fsp3) is 0.111. The molecule has 1 aromatic carbocycles. The summed E-state index contributed by atoms with van der Waals surface area (Å²) < 4.78 is 5.29. The van der Waals surface area contributed by atoms with Gasteiger partial charge in [0, 0.05) is 5.39 Å². The van der Waals surface area contributed by atoms with Crippen LogP contribution < -0.4 is 0 Å². The number of rotatable bonds is 2. The van der Waals surface area contributed by atoms with E-state index in [-0.39, 0.29) is 7.48 Å². The van der Waals surface area contributed by atoms with Crippen molar-refractivity contribution in [2.24, 2.45) is 0 Å². The average molecular weight is 160 g/mol. The Bertz CT molecular complexity index is 381. The molecule has 1 N–H and O–H groups in total. The topological polar surface area (TPSA) is 33.4 Å². The smallest absolute Gasteiger partial charge is 0.275 e. The zero-order valence-corrected chi connectivity index (χ0v) is 6.66. The van der Waals surface area contributed by atoms with E-state index in [1.54, 1.807) is 6.26 Å². The molecule has 1 heterocycles. The largest absolute Gasteiger partial charge is 0.464 e. The second kappa shape index (κ2) is 3.03. The molecule has 0 spiro atoms. The van der Waals surface area contributed by atoms with E-state index in [0.29, 0.717) is 6.32 Å². The molecule has 0 radical (unpaired) electrons. The lowest BCUT2D eigenvalue weighted by Gasteiger charge is -1.90. The molecule has 0 atom stereocenters. The Morgan fingerprint density at radius 3 is 3.00 bits per heavy atom. The van der Waals surface area contributed by atoms with Crippen LogP contribution in [0.5, 0.6) is 0 Å². The molecular weight excluding hydrogens is 151 g/mol. The molecule has 0 unspecified atom stereocenters. The van der Waals surface area contributed by atoms with Gasteiger partial charge in [0.15, 0.2) is 0 Å². The fourth-order valence-corrected chi connectivity index (χ4v) is 1.35. The van der Waals surface area contributed by atoms with E-state index in [1.807, 2.05) is 24.3 Å². The zero-order chi connectivity index (χ0) is 8.39. The number of fused-ring (bicyclic) bond motifs is 1. The van der Waals surface area contributed by atoms with Crippen molar-refractivity contribution in [3.05, 3.63) is 36.1 Å². The van der Waals surface area contributed by atoms with E-state index in [0.717, 1.165) is 16.5 Å². The first kappa shape index (κ1) is 7.43. The summed E-state index contributed by atoms with van der Waals surface area (Å²) in [6.07, 6.45) is 2.37.